The highest BCUT2D eigenvalue weighted by atomic mass is 35.5. The third-order valence-corrected chi connectivity index (χ3v) is 3.69. The number of nitrogens with one attached hydrogen (secondary N) is 1. The van der Waals surface area contributed by atoms with Gasteiger partial charge in [-0.3, -0.25) is 4.90 Å². The number of hydrogen-bond donors (Lipinski definition) is 1. The number of halogens is 1. The van der Waals surface area contributed by atoms with E-state index < -0.39 is 0 Å². The van der Waals surface area contributed by atoms with E-state index in [1.54, 1.807) is 11.3 Å². The maximum atomic E-state index is 4.68. The third-order valence-electron chi connectivity index (χ3n) is 2.75. The first-order valence-electron chi connectivity index (χ1n) is 6.12. The van der Waals surface area contributed by atoms with Crippen LogP contribution < -0.4 is 5.32 Å². The van der Waals surface area contributed by atoms with Gasteiger partial charge in [0.25, 0.3) is 0 Å². The molecule has 5 heteroatoms. The first kappa shape index (κ1) is 16.1. The monoisotopic (exact) mass is 297 g/mol. The Morgan fingerprint density at radius 3 is 2.68 bits per heavy atom. The molecule has 0 aliphatic carbocycles. The molecule has 1 N–H and O–H groups in total. The van der Waals surface area contributed by atoms with E-state index in [1.807, 2.05) is 13.1 Å². The van der Waals surface area contributed by atoms with Crippen molar-refractivity contribution in [3.63, 3.8) is 0 Å². The van der Waals surface area contributed by atoms with E-state index in [9.17, 15) is 0 Å². The van der Waals surface area contributed by atoms with Crippen molar-refractivity contribution < 1.29 is 0 Å². The summed E-state index contributed by atoms with van der Waals surface area (Å²) in [5.41, 5.74) is 2.35. The van der Waals surface area contributed by atoms with E-state index in [-0.39, 0.29) is 12.4 Å². The Hall–Kier alpha value is -0.940. The van der Waals surface area contributed by atoms with Crippen LogP contribution in [0.25, 0.3) is 10.6 Å². The molecule has 2 aromatic rings. The average molecular weight is 298 g/mol. The summed E-state index contributed by atoms with van der Waals surface area (Å²) in [7, 11) is 4.10. The highest BCUT2D eigenvalue weighted by Gasteiger charge is 2.06. The molecule has 0 atom stereocenters. The maximum absolute atomic E-state index is 4.68. The second-order valence-corrected chi connectivity index (χ2v) is 5.21. The van der Waals surface area contributed by atoms with Crippen LogP contribution >= 0.6 is 23.7 Å². The predicted octanol–water partition coefficient (Wildman–Crippen LogP) is 2.88. The van der Waals surface area contributed by atoms with Crippen LogP contribution in [0.4, 0.5) is 0 Å². The molecular formula is C14H20ClN3S. The number of nitrogens with zero attached hydrogens (tertiary/aromatic N) is 2. The topological polar surface area (TPSA) is 28.2 Å². The number of rotatable bonds is 6. The van der Waals surface area contributed by atoms with Crippen LogP contribution in [-0.4, -0.2) is 37.1 Å². The molecule has 0 aliphatic heterocycles. The Morgan fingerprint density at radius 2 is 2.00 bits per heavy atom. The van der Waals surface area contributed by atoms with Crippen LogP contribution in [-0.2, 0) is 6.54 Å². The average Bonchev–Trinajstić information content (AvgIpc) is 2.86. The summed E-state index contributed by atoms with van der Waals surface area (Å²) in [4.78, 5) is 6.96. The first-order chi connectivity index (χ1) is 8.79. The van der Waals surface area contributed by atoms with Gasteiger partial charge in [0.15, 0.2) is 0 Å². The lowest BCUT2D eigenvalue weighted by molar-refractivity contribution is 0.325. The van der Waals surface area contributed by atoms with Gasteiger partial charge in [0, 0.05) is 30.6 Å². The van der Waals surface area contributed by atoms with Crippen molar-refractivity contribution in [3.05, 3.63) is 41.4 Å². The molecule has 0 spiro atoms. The van der Waals surface area contributed by atoms with Gasteiger partial charge in [-0.15, -0.1) is 23.7 Å². The molecule has 19 heavy (non-hydrogen) atoms. The quantitative estimate of drug-likeness (QED) is 0.889. The Balaban J connectivity index is 0.00000180. The lowest BCUT2D eigenvalue weighted by Gasteiger charge is -2.14. The van der Waals surface area contributed by atoms with Crippen molar-refractivity contribution >= 4 is 23.7 Å². The normalized spacial score (nSPS) is 10.5. The van der Waals surface area contributed by atoms with E-state index in [0.717, 1.165) is 30.3 Å². The molecule has 1 aromatic carbocycles. The largest absolute Gasteiger partial charge is 0.318 e. The Bertz CT molecular complexity index is 473. The SMILES string of the molecule is CNCCN(C)Cc1csc(-c2ccccc2)n1.Cl. The molecule has 1 heterocycles. The Morgan fingerprint density at radius 1 is 1.26 bits per heavy atom. The highest BCUT2D eigenvalue weighted by molar-refractivity contribution is 7.13. The fraction of sp³-hybridized carbons (Fsp3) is 0.357. The molecule has 0 unspecified atom stereocenters. The summed E-state index contributed by atoms with van der Waals surface area (Å²) >= 11 is 1.72. The summed E-state index contributed by atoms with van der Waals surface area (Å²) in [5.74, 6) is 0. The van der Waals surface area contributed by atoms with Gasteiger partial charge in [0.2, 0.25) is 0 Å². The first-order valence-corrected chi connectivity index (χ1v) is 7.00. The number of likely N-dealkylation sites (N-methyl/N-ethyl adjacent to an activating group) is 2. The fourth-order valence-electron chi connectivity index (χ4n) is 1.75. The second-order valence-electron chi connectivity index (χ2n) is 4.35. The van der Waals surface area contributed by atoms with E-state index in [1.165, 1.54) is 5.56 Å². The molecular weight excluding hydrogens is 278 g/mol. The number of hydrogen-bond acceptors (Lipinski definition) is 4. The van der Waals surface area contributed by atoms with Gasteiger partial charge >= 0.3 is 0 Å². The van der Waals surface area contributed by atoms with Gasteiger partial charge in [-0.1, -0.05) is 30.3 Å². The smallest absolute Gasteiger partial charge is 0.123 e. The van der Waals surface area contributed by atoms with Crippen LogP contribution in [0.5, 0.6) is 0 Å². The lowest BCUT2D eigenvalue weighted by Crippen LogP contribution is -2.27. The van der Waals surface area contributed by atoms with Gasteiger partial charge in [0.1, 0.15) is 5.01 Å². The molecule has 0 fully saturated rings. The lowest BCUT2D eigenvalue weighted by atomic mass is 10.2. The Labute approximate surface area is 125 Å². The van der Waals surface area contributed by atoms with E-state index >= 15 is 0 Å². The zero-order chi connectivity index (χ0) is 12.8. The maximum Gasteiger partial charge on any atom is 0.123 e. The van der Waals surface area contributed by atoms with Gasteiger partial charge in [-0.05, 0) is 14.1 Å². The summed E-state index contributed by atoms with van der Waals surface area (Å²) in [6.07, 6.45) is 0. The van der Waals surface area contributed by atoms with E-state index in [4.69, 9.17) is 0 Å². The standard InChI is InChI=1S/C14H19N3S.ClH/c1-15-8-9-17(2)10-13-11-18-14(16-13)12-6-4-3-5-7-12;/h3-7,11,15H,8-10H2,1-2H3;1H. The summed E-state index contributed by atoms with van der Waals surface area (Å²) in [6, 6.07) is 10.3. The molecule has 0 saturated carbocycles. The number of thiazole rings is 1. The molecule has 0 radical (unpaired) electrons. The summed E-state index contributed by atoms with van der Waals surface area (Å²) in [5, 5.41) is 6.41. The van der Waals surface area contributed by atoms with Gasteiger partial charge in [-0.2, -0.15) is 0 Å². The van der Waals surface area contributed by atoms with Crippen LogP contribution in [0.3, 0.4) is 0 Å². The summed E-state index contributed by atoms with van der Waals surface area (Å²) < 4.78 is 0. The zero-order valence-electron chi connectivity index (χ0n) is 11.3. The molecule has 0 aliphatic rings. The molecule has 0 amide bonds. The third kappa shape index (κ3) is 4.91. The summed E-state index contributed by atoms with van der Waals surface area (Å²) in [6.45, 7) is 2.95. The van der Waals surface area contributed by atoms with Crippen molar-refractivity contribution in [1.29, 1.82) is 0 Å². The second kappa shape index (κ2) is 8.27. The fourth-order valence-corrected chi connectivity index (χ4v) is 2.57. The van der Waals surface area contributed by atoms with E-state index in [0.29, 0.717) is 0 Å². The predicted molar refractivity (Wildman–Crippen MR) is 85.1 cm³/mol. The van der Waals surface area contributed by atoms with Crippen molar-refractivity contribution in [2.24, 2.45) is 0 Å². The zero-order valence-corrected chi connectivity index (χ0v) is 12.9. The minimum absolute atomic E-state index is 0. The molecule has 0 bridgehead atoms. The van der Waals surface area contributed by atoms with Gasteiger partial charge < -0.3 is 5.32 Å². The minimum Gasteiger partial charge on any atom is -0.318 e. The van der Waals surface area contributed by atoms with Crippen molar-refractivity contribution in [3.8, 4) is 10.6 Å². The minimum atomic E-state index is 0. The molecule has 0 saturated heterocycles. The molecule has 2 rings (SSSR count). The highest BCUT2D eigenvalue weighted by Crippen LogP contribution is 2.23. The van der Waals surface area contributed by atoms with E-state index in [2.05, 4.69) is 51.9 Å². The van der Waals surface area contributed by atoms with Crippen LogP contribution in [0.2, 0.25) is 0 Å². The van der Waals surface area contributed by atoms with Crippen LogP contribution in [0, 0.1) is 0 Å². The molecule has 1 aromatic heterocycles. The number of benzene rings is 1. The van der Waals surface area contributed by atoms with Crippen molar-refractivity contribution in [2.45, 2.75) is 6.54 Å². The molecule has 104 valence electrons. The Kier molecular flexibility index (Phi) is 7.02. The van der Waals surface area contributed by atoms with Crippen molar-refractivity contribution in [1.82, 2.24) is 15.2 Å². The number of aromatic nitrogens is 1. The van der Waals surface area contributed by atoms with Gasteiger partial charge in [-0.25, -0.2) is 4.98 Å². The van der Waals surface area contributed by atoms with Gasteiger partial charge in [0.05, 0.1) is 5.69 Å². The van der Waals surface area contributed by atoms with Crippen LogP contribution in [0.1, 0.15) is 5.69 Å². The van der Waals surface area contributed by atoms with Crippen LogP contribution in [0.15, 0.2) is 35.7 Å². The molecule has 3 nitrogen and oxygen atoms in total. The van der Waals surface area contributed by atoms with Crippen molar-refractivity contribution in [2.75, 3.05) is 27.2 Å².